The van der Waals surface area contributed by atoms with Crippen molar-refractivity contribution in [1.82, 2.24) is 14.7 Å². The second kappa shape index (κ2) is 7.67. The summed E-state index contributed by atoms with van der Waals surface area (Å²) in [5, 5.41) is 15.6. The first-order chi connectivity index (χ1) is 12.0. The Bertz CT molecular complexity index is 651. The molecule has 1 saturated carbocycles. The summed E-state index contributed by atoms with van der Waals surface area (Å²) < 4.78 is 1.26. The van der Waals surface area contributed by atoms with E-state index in [9.17, 15) is 14.4 Å². The van der Waals surface area contributed by atoms with Crippen molar-refractivity contribution in [1.29, 1.82) is 0 Å². The normalized spacial score (nSPS) is 23.4. The smallest absolute Gasteiger partial charge is 0.325 e. The van der Waals surface area contributed by atoms with Crippen LogP contribution in [-0.4, -0.2) is 50.7 Å². The zero-order valence-corrected chi connectivity index (χ0v) is 14.2. The van der Waals surface area contributed by atoms with E-state index in [1.807, 2.05) is 4.90 Å². The number of hydrogen-bond donors (Lipinski definition) is 2. The number of aliphatic carboxylic acids is 1. The number of amides is 2. The van der Waals surface area contributed by atoms with Crippen molar-refractivity contribution in [3.63, 3.8) is 0 Å². The molecule has 1 aromatic rings. The van der Waals surface area contributed by atoms with Gasteiger partial charge < -0.3 is 15.3 Å². The molecule has 0 spiro atoms. The molecule has 1 saturated heterocycles. The van der Waals surface area contributed by atoms with Gasteiger partial charge in [0, 0.05) is 37.2 Å². The fourth-order valence-electron chi connectivity index (χ4n) is 3.79. The van der Waals surface area contributed by atoms with Gasteiger partial charge in [0.2, 0.25) is 11.8 Å². The largest absolute Gasteiger partial charge is 0.480 e. The van der Waals surface area contributed by atoms with Gasteiger partial charge in [-0.25, -0.2) is 0 Å². The van der Waals surface area contributed by atoms with E-state index in [0.29, 0.717) is 12.2 Å². The van der Waals surface area contributed by atoms with Crippen molar-refractivity contribution in [3.8, 4) is 0 Å². The number of anilines is 1. The molecule has 3 rings (SSSR count). The van der Waals surface area contributed by atoms with Gasteiger partial charge in [-0.2, -0.15) is 5.10 Å². The molecule has 1 aliphatic heterocycles. The van der Waals surface area contributed by atoms with E-state index in [2.05, 4.69) is 10.4 Å². The van der Waals surface area contributed by atoms with E-state index >= 15 is 0 Å². The molecule has 0 aromatic carbocycles. The summed E-state index contributed by atoms with van der Waals surface area (Å²) in [6, 6.07) is 1.57. The standard InChI is InChI=1S/C17H24N4O4/c22-15(23)11-21-10-7-14(19-21)18-16(24)12-5-1-2-6-13(12)17(25)20-8-3-4-9-20/h7,10,12-13H,1-6,8-9,11H2,(H,22,23)(H,18,19,24). The number of likely N-dealkylation sites (tertiary alicyclic amines) is 1. The highest BCUT2D eigenvalue weighted by Crippen LogP contribution is 2.33. The molecule has 25 heavy (non-hydrogen) atoms. The predicted octanol–water partition coefficient (Wildman–Crippen LogP) is 1.33. The number of rotatable bonds is 5. The maximum atomic E-state index is 12.8. The molecular weight excluding hydrogens is 324 g/mol. The van der Waals surface area contributed by atoms with Gasteiger partial charge in [0.1, 0.15) is 6.54 Å². The Morgan fingerprint density at radius 3 is 2.48 bits per heavy atom. The molecule has 136 valence electrons. The molecule has 0 bridgehead atoms. The van der Waals surface area contributed by atoms with Gasteiger partial charge in [-0.15, -0.1) is 0 Å². The first-order valence-corrected chi connectivity index (χ1v) is 8.89. The van der Waals surface area contributed by atoms with Gasteiger partial charge in [-0.3, -0.25) is 19.1 Å². The fourth-order valence-corrected chi connectivity index (χ4v) is 3.79. The van der Waals surface area contributed by atoms with Crippen LogP contribution in [0.2, 0.25) is 0 Å². The number of carbonyl (C=O) groups excluding carboxylic acids is 2. The van der Waals surface area contributed by atoms with Crippen molar-refractivity contribution < 1.29 is 19.5 Å². The molecule has 2 atom stereocenters. The molecule has 1 aromatic heterocycles. The SMILES string of the molecule is O=C(O)Cn1ccc(NC(=O)C2CCCCC2C(=O)N2CCCC2)n1. The number of carboxylic acids is 1. The highest BCUT2D eigenvalue weighted by atomic mass is 16.4. The molecule has 0 radical (unpaired) electrons. The average Bonchev–Trinajstić information content (AvgIpc) is 3.26. The van der Waals surface area contributed by atoms with E-state index in [0.717, 1.165) is 45.2 Å². The molecule has 2 unspecified atom stereocenters. The number of carboxylic acid groups (broad SMARTS) is 1. The maximum absolute atomic E-state index is 12.8. The lowest BCUT2D eigenvalue weighted by Gasteiger charge is -2.32. The van der Waals surface area contributed by atoms with E-state index < -0.39 is 5.97 Å². The number of carbonyl (C=O) groups is 3. The van der Waals surface area contributed by atoms with Gasteiger partial charge in [0.25, 0.3) is 0 Å². The minimum absolute atomic E-state index is 0.105. The highest BCUT2D eigenvalue weighted by Gasteiger charge is 2.38. The maximum Gasteiger partial charge on any atom is 0.325 e. The Morgan fingerprint density at radius 2 is 1.80 bits per heavy atom. The highest BCUT2D eigenvalue weighted by molar-refractivity contribution is 5.95. The van der Waals surface area contributed by atoms with Crippen LogP contribution in [0.15, 0.2) is 12.3 Å². The Hall–Kier alpha value is -2.38. The second-order valence-corrected chi connectivity index (χ2v) is 6.81. The summed E-state index contributed by atoms with van der Waals surface area (Å²) in [5.74, 6) is -1.36. The van der Waals surface area contributed by atoms with E-state index in [1.165, 1.54) is 10.9 Å². The van der Waals surface area contributed by atoms with Gasteiger partial charge in [0.05, 0.1) is 0 Å². The molecule has 2 aliphatic rings. The topological polar surface area (TPSA) is 105 Å². The number of nitrogens with one attached hydrogen (secondary N) is 1. The lowest BCUT2D eigenvalue weighted by Crippen LogP contribution is -2.42. The van der Waals surface area contributed by atoms with E-state index in [1.54, 1.807) is 6.07 Å². The molecular formula is C17H24N4O4. The Kier molecular flexibility index (Phi) is 5.35. The summed E-state index contributed by atoms with van der Waals surface area (Å²) in [5.41, 5.74) is 0. The summed E-state index contributed by atoms with van der Waals surface area (Å²) in [7, 11) is 0. The van der Waals surface area contributed by atoms with Crippen molar-refractivity contribution >= 4 is 23.6 Å². The summed E-state index contributed by atoms with van der Waals surface area (Å²) in [4.78, 5) is 38.0. The number of aromatic nitrogens is 2. The van der Waals surface area contributed by atoms with Crippen LogP contribution in [-0.2, 0) is 20.9 Å². The van der Waals surface area contributed by atoms with E-state index in [4.69, 9.17) is 5.11 Å². The van der Waals surface area contributed by atoms with E-state index in [-0.39, 0.29) is 30.2 Å². The monoisotopic (exact) mass is 348 g/mol. The van der Waals surface area contributed by atoms with Crippen molar-refractivity contribution in [2.24, 2.45) is 11.8 Å². The minimum atomic E-state index is -0.996. The molecule has 2 N–H and O–H groups in total. The fraction of sp³-hybridized carbons (Fsp3) is 0.647. The first-order valence-electron chi connectivity index (χ1n) is 8.89. The van der Waals surface area contributed by atoms with Gasteiger partial charge in [-0.05, 0) is 25.7 Å². The van der Waals surface area contributed by atoms with Gasteiger partial charge >= 0.3 is 5.97 Å². The Morgan fingerprint density at radius 1 is 1.12 bits per heavy atom. The Balaban J connectivity index is 1.65. The zero-order chi connectivity index (χ0) is 17.8. The lowest BCUT2D eigenvalue weighted by molar-refractivity contribution is -0.141. The molecule has 2 fully saturated rings. The van der Waals surface area contributed by atoms with Crippen LogP contribution in [0, 0.1) is 11.8 Å². The van der Waals surface area contributed by atoms with Crippen molar-refractivity contribution in [2.45, 2.75) is 45.1 Å². The van der Waals surface area contributed by atoms with Crippen LogP contribution in [0.25, 0.3) is 0 Å². The molecule has 1 aliphatic carbocycles. The van der Waals surface area contributed by atoms with Crippen LogP contribution < -0.4 is 5.32 Å². The van der Waals surface area contributed by atoms with Crippen LogP contribution in [0.4, 0.5) is 5.82 Å². The molecule has 8 heteroatoms. The van der Waals surface area contributed by atoms with Crippen LogP contribution in [0.3, 0.4) is 0 Å². The van der Waals surface area contributed by atoms with Crippen LogP contribution in [0.1, 0.15) is 38.5 Å². The third kappa shape index (κ3) is 4.18. The lowest BCUT2D eigenvalue weighted by atomic mass is 9.78. The van der Waals surface area contributed by atoms with Gasteiger partial charge in [-0.1, -0.05) is 12.8 Å². The average molecular weight is 348 g/mol. The number of hydrogen-bond acceptors (Lipinski definition) is 4. The van der Waals surface area contributed by atoms with Crippen molar-refractivity contribution in [2.75, 3.05) is 18.4 Å². The van der Waals surface area contributed by atoms with Crippen molar-refractivity contribution in [3.05, 3.63) is 12.3 Å². The van der Waals surface area contributed by atoms with Gasteiger partial charge in [0.15, 0.2) is 5.82 Å². The molecule has 2 heterocycles. The third-order valence-electron chi connectivity index (χ3n) is 5.03. The molecule has 8 nitrogen and oxygen atoms in total. The second-order valence-electron chi connectivity index (χ2n) is 6.81. The first kappa shape index (κ1) is 17.4. The van der Waals surface area contributed by atoms with Crippen LogP contribution in [0.5, 0.6) is 0 Å². The third-order valence-corrected chi connectivity index (χ3v) is 5.03. The number of nitrogens with zero attached hydrogens (tertiary/aromatic N) is 3. The quantitative estimate of drug-likeness (QED) is 0.835. The molecule has 2 amide bonds. The summed E-state index contributed by atoms with van der Waals surface area (Å²) in [6.07, 6.45) is 6.95. The zero-order valence-electron chi connectivity index (χ0n) is 14.2. The van der Waals surface area contributed by atoms with Crippen LogP contribution >= 0.6 is 0 Å². The summed E-state index contributed by atoms with van der Waals surface area (Å²) >= 11 is 0. The minimum Gasteiger partial charge on any atom is -0.480 e. The summed E-state index contributed by atoms with van der Waals surface area (Å²) in [6.45, 7) is 1.34. The Labute approximate surface area is 146 Å². The predicted molar refractivity (Wildman–Crippen MR) is 89.8 cm³/mol.